The molecule has 2 atom stereocenters. The molecule has 3 rings (SSSR count). The number of hydrogen-bond acceptors (Lipinski definition) is 2. The molecule has 0 aromatic carbocycles. The highest BCUT2D eigenvalue weighted by Gasteiger charge is 2.37. The molecular weight excluding hydrogens is 184 g/mol. The zero-order valence-electron chi connectivity index (χ0n) is 9.75. The van der Waals surface area contributed by atoms with Crippen LogP contribution in [0.3, 0.4) is 0 Å². The average molecular weight is 208 g/mol. The van der Waals surface area contributed by atoms with Crippen molar-refractivity contribution < 1.29 is 0 Å². The van der Waals surface area contributed by atoms with Gasteiger partial charge < -0.3 is 5.32 Å². The maximum Gasteiger partial charge on any atom is 0.0235 e. The molecule has 1 saturated carbocycles. The zero-order valence-corrected chi connectivity index (χ0v) is 9.75. The lowest BCUT2D eigenvalue weighted by Gasteiger charge is -2.31. The first-order chi connectivity index (χ1) is 7.43. The van der Waals surface area contributed by atoms with Crippen molar-refractivity contribution in [1.29, 1.82) is 0 Å². The topological polar surface area (TPSA) is 15.3 Å². The molecule has 0 bridgehead atoms. The Morgan fingerprint density at radius 2 is 1.73 bits per heavy atom. The monoisotopic (exact) mass is 208 g/mol. The fourth-order valence-corrected chi connectivity index (χ4v) is 3.82. The third kappa shape index (κ3) is 2.07. The fourth-order valence-electron chi connectivity index (χ4n) is 3.82. The minimum atomic E-state index is 0.834. The van der Waals surface area contributed by atoms with E-state index in [4.69, 9.17) is 0 Å². The molecule has 2 saturated heterocycles. The van der Waals surface area contributed by atoms with Crippen molar-refractivity contribution in [3.8, 4) is 0 Å². The van der Waals surface area contributed by atoms with Gasteiger partial charge in [-0.05, 0) is 38.1 Å². The molecule has 0 aromatic rings. The molecule has 0 radical (unpaired) electrons. The largest absolute Gasteiger partial charge is 0.312 e. The predicted octanol–water partition coefficient (Wildman–Crippen LogP) is 2.00. The summed E-state index contributed by atoms with van der Waals surface area (Å²) in [5.41, 5.74) is 0. The summed E-state index contributed by atoms with van der Waals surface area (Å²) >= 11 is 0. The van der Waals surface area contributed by atoms with Gasteiger partial charge in [-0.25, -0.2) is 0 Å². The summed E-state index contributed by atoms with van der Waals surface area (Å²) in [5, 5.41) is 3.71. The Labute approximate surface area is 93.4 Å². The van der Waals surface area contributed by atoms with Crippen molar-refractivity contribution in [3.63, 3.8) is 0 Å². The average Bonchev–Trinajstić information content (AvgIpc) is 2.74. The van der Waals surface area contributed by atoms with Gasteiger partial charge in [-0.15, -0.1) is 0 Å². The van der Waals surface area contributed by atoms with Crippen LogP contribution in [0.2, 0.25) is 0 Å². The highest BCUT2D eigenvalue weighted by Crippen LogP contribution is 2.30. The molecular formula is C13H24N2. The Hall–Kier alpha value is -0.0800. The first-order valence-corrected chi connectivity index (χ1v) is 6.91. The minimum absolute atomic E-state index is 0.834. The Balaban J connectivity index is 1.59. The highest BCUT2D eigenvalue weighted by atomic mass is 15.2. The molecule has 0 amide bonds. The van der Waals surface area contributed by atoms with E-state index in [0.29, 0.717) is 0 Å². The highest BCUT2D eigenvalue weighted by molar-refractivity contribution is 4.94. The molecule has 2 heteroatoms. The van der Waals surface area contributed by atoms with Crippen molar-refractivity contribution in [2.24, 2.45) is 5.92 Å². The normalized spacial score (nSPS) is 39.2. The summed E-state index contributed by atoms with van der Waals surface area (Å²) in [5.74, 6) is 0.973. The van der Waals surface area contributed by atoms with Gasteiger partial charge >= 0.3 is 0 Å². The zero-order chi connectivity index (χ0) is 10.1. The molecule has 0 aromatic heterocycles. The standard InChI is InChI=1S/C13H24N2/c1-2-6-12(7-3-1)15-9-11-5-4-8-14-13(11)10-15/h11-14H,1-10H2/t11-,13+/m0/s1. The van der Waals surface area contributed by atoms with Crippen LogP contribution >= 0.6 is 0 Å². The van der Waals surface area contributed by atoms with Gasteiger partial charge in [0.25, 0.3) is 0 Å². The summed E-state index contributed by atoms with van der Waals surface area (Å²) in [6, 6.07) is 1.77. The first-order valence-electron chi connectivity index (χ1n) is 6.91. The molecule has 3 fully saturated rings. The fraction of sp³-hybridized carbons (Fsp3) is 1.00. The number of piperidine rings is 1. The summed E-state index contributed by atoms with van der Waals surface area (Å²) in [6.45, 7) is 4.00. The van der Waals surface area contributed by atoms with Gasteiger partial charge in [0.15, 0.2) is 0 Å². The maximum atomic E-state index is 3.71. The number of fused-ring (bicyclic) bond motifs is 1. The van der Waals surface area contributed by atoms with Gasteiger partial charge in [0, 0.05) is 25.2 Å². The SMILES string of the molecule is C1CCC(N2C[C@@H]3CCCN[C@@H]3C2)CC1. The first kappa shape index (κ1) is 10.1. The van der Waals surface area contributed by atoms with Crippen LogP contribution in [0, 0.1) is 5.92 Å². The lowest BCUT2D eigenvalue weighted by molar-refractivity contribution is 0.184. The van der Waals surface area contributed by atoms with Gasteiger partial charge in [-0.3, -0.25) is 4.90 Å². The number of likely N-dealkylation sites (tertiary alicyclic amines) is 1. The second-order valence-electron chi connectivity index (χ2n) is 5.71. The molecule has 15 heavy (non-hydrogen) atoms. The van der Waals surface area contributed by atoms with Crippen LogP contribution in [0.5, 0.6) is 0 Å². The van der Waals surface area contributed by atoms with E-state index in [9.17, 15) is 0 Å². The van der Waals surface area contributed by atoms with Crippen LogP contribution in [-0.4, -0.2) is 36.6 Å². The molecule has 0 unspecified atom stereocenters. The Kier molecular flexibility index (Phi) is 2.98. The molecule has 3 aliphatic rings. The molecule has 1 N–H and O–H groups in total. The number of nitrogens with one attached hydrogen (secondary N) is 1. The van der Waals surface area contributed by atoms with Crippen LogP contribution < -0.4 is 5.32 Å². The Morgan fingerprint density at radius 1 is 0.867 bits per heavy atom. The van der Waals surface area contributed by atoms with Crippen LogP contribution in [0.4, 0.5) is 0 Å². The van der Waals surface area contributed by atoms with Gasteiger partial charge in [-0.1, -0.05) is 19.3 Å². The quantitative estimate of drug-likeness (QED) is 0.709. The van der Waals surface area contributed by atoms with Crippen molar-refractivity contribution in [2.45, 2.75) is 57.0 Å². The summed E-state index contributed by atoms with van der Waals surface area (Å²) in [6.07, 6.45) is 10.3. The summed E-state index contributed by atoms with van der Waals surface area (Å²) in [4.78, 5) is 2.80. The summed E-state index contributed by atoms with van der Waals surface area (Å²) < 4.78 is 0. The van der Waals surface area contributed by atoms with E-state index in [1.54, 1.807) is 0 Å². The van der Waals surface area contributed by atoms with Gasteiger partial charge in [0.2, 0.25) is 0 Å². The molecule has 1 aliphatic carbocycles. The smallest absolute Gasteiger partial charge is 0.0235 e. The van der Waals surface area contributed by atoms with Crippen LogP contribution in [0.25, 0.3) is 0 Å². The van der Waals surface area contributed by atoms with Gasteiger partial charge in [0.1, 0.15) is 0 Å². The predicted molar refractivity (Wildman–Crippen MR) is 63.0 cm³/mol. The molecule has 2 heterocycles. The Morgan fingerprint density at radius 3 is 2.53 bits per heavy atom. The van der Waals surface area contributed by atoms with E-state index in [0.717, 1.165) is 18.0 Å². The maximum absolute atomic E-state index is 3.71. The van der Waals surface area contributed by atoms with Crippen molar-refractivity contribution >= 4 is 0 Å². The van der Waals surface area contributed by atoms with E-state index in [1.807, 2.05) is 0 Å². The van der Waals surface area contributed by atoms with E-state index < -0.39 is 0 Å². The van der Waals surface area contributed by atoms with Crippen LogP contribution in [0.1, 0.15) is 44.9 Å². The van der Waals surface area contributed by atoms with E-state index in [1.165, 1.54) is 64.6 Å². The van der Waals surface area contributed by atoms with Crippen LogP contribution in [0.15, 0.2) is 0 Å². The third-order valence-corrected chi connectivity index (χ3v) is 4.72. The van der Waals surface area contributed by atoms with Crippen molar-refractivity contribution in [1.82, 2.24) is 10.2 Å². The van der Waals surface area contributed by atoms with Gasteiger partial charge in [0.05, 0.1) is 0 Å². The number of rotatable bonds is 1. The Bertz CT molecular complexity index is 197. The van der Waals surface area contributed by atoms with E-state index >= 15 is 0 Å². The molecule has 0 spiro atoms. The molecule has 2 nitrogen and oxygen atoms in total. The van der Waals surface area contributed by atoms with Gasteiger partial charge in [-0.2, -0.15) is 0 Å². The van der Waals surface area contributed by atoms with E-state index in [2.05, 4.69) is 10.2 Å². The molecule has 2 aliphatic heterocycles. The molecule has 86 valence electrons. The second kappa shape index (κ2) is 4.42. The lowest BCUT2D eigenvalue weighted by atomic mass is 9.94. The van der Waals surface area contributed by atoms with Crippen molar-refractivity contribution in [3.05, 3.63) is 0 Å². The number of nitrogens with zero attached hydrogens (tertiary/aromatic N) is 1. The second-order valence-corrected chi connectivity index (χ2v) is 5.71. The minimum Gasteiger partial charge on any atom is -0.312 e. The summed E-state index contributed by atoms with van der Waals surface area (Å²) in [7, 11) is 0. The van der Waals surface area contributed by atoms with E-state index in [-0.39, 0.29) is 0 Å². The lowest BCUT2D eigenvalue weighted by Crippen LogP contribution is -2.41. The number of hydrogen-bond donors (Lipinski definition) is 1. The third-order valence-electron chi connectivity index (χ3n) is 4.72. The van der Waals surface area contributed by atoms with Crippen LogP contribution in [-0.2, 0) is 0 Å². The van der Waals surface area contributed by atoms with Crippen molar-refractivity contribution in [2.75, 3.05) is 19.6 Å².